The van der Waals surface area contributed by atoms with Gasteiger partial charge in [-0.1, -0.05) is 58.4 Å². The molecular formula is C16H18BrN. The van der Waals surface area contributed by atoms with Gasteiger partial charge in [-0.05, 0) is 29.7 Å². The quantitative estimate of drug-likeness (QED) is 0.746. The lowest BCUT2D eigenvalue weighted by atomic mass is 10.1. The van der Waals surface area contributed by atoms with Gasteiger partial charge in [0.15, 0.2) is 0 Å². The number of benzene rings is 2. The molecule has 0 atom stereocenters. The third kappa shape index (κ3) is 3.61. The van der Waals surface area contributed by atoms with Crippen LogP contribution in [0.5, 0.6) is 0 Å². The number of halogens is 1. The highest BCUT2D eigenvalue weighted by atomic mass is 79.9. The number of rotatable bonds is 5. The van der Waals surface area contributed by atoms with Crippen molar-refractivity contribution < 1.29 is 0 Å². The van der Waals surface area contributed by atoms with Crippen LogP contribution in [0.25, 0.3) is 0 Å². The normalized spacial score (nSPS) is 10.3. The van der Waals surface area contributed by atoms with E-state index >= 15 is 0 Å². The Morgan fingerprint density at radius 3 is 2.17 bits per heavy atom. The zero-order chi connectivity index (χ0) is 12.8. The van der Waals surface area contributed by atoms with Crippen LogP contribution in [0.1, 0.15) is 11.1 Å². The molecule has 0 aliphatic rings. The number of nitrogens with zero attached hydrogens (tertiary/aromatic N) is 1. The largest absolute Gasteiger partial charge is 0.374 e. The highest BCUT2D eigenvalue weighted by Crippen LogP contribution is 2.15. The minimum absolute atomic E-state index is 0.918. The van der Waals surface area contributed by atoms with E-state index in [-0.39, 0.29) is 0 Å². The van der Waals surface area contributed by atoms with Crippen LogP contribution in [0.4, 0.5) is 5.69 Å². The second-order valence-corrected chi connectivity index (χ2v) is 5.02. The first-order valence-electron chi connectivity index (χ1n) is 6.19. The summed E-state index contributed by atoms with van der Waals surface area (Å²) < 4.78 is 0. The molecule has 2 aromatic carbocycles. The van der Waals surface area contributed by atoms with Gasteiger partial charge >= 0.3 is 0 Å². The molecule has 18 heavy (non-hydrogen) atoms. The molecule has 2 rings (SSSR count). The van der Waals surface area contributed by atoms with Gasteiger partial charge in [-0.25, -0.2) is 0 Å². The van der Waals surface area contributed by atoms with Crippen molar-refractivity contribution in [1.29, 1.82) is 0 Å². The van der Waals surface area contributed by atoms with Gasteiger partial charge in [0.1, 0.15) is 0 Å². The third-order valence-corrected chi connectivity index (χ3v) is 3.76. The second-order valence-electron chi connectivity index (χ2n) is 4.46. The van der Waals surface area contributed by atoms with Crippen molar-refractivity contribution in [2.45, 2.75) is 11.8 Å². The molecule has 94 valence electrons. The summed E-state index contributed by atoms with van der Waals surface area (Å²) in [4.78, 5) is 2.30. The molecule has 0 amide bonds. The Kier molecular flexibility index (Phi) is 4.82. The maximum Gasteiger partial charge on any atom is 0.0363 e. The van der Waals surface area contributed by atoms with E-state index < -0.39 is 0 Å². The maximum absolute atomic E-state index is 3.47. The van der Waals surface area contributed by atoms with Crippen LogP contribution < -0.4 is 4.90 Å². The molecule has 0 spiro atoms. The molecule has 0 unspecified atom stereocenters. The molecular weight excluding hydrogens is 286 g/mol. The molecule has 0 aliphatic carbocycles. The monoisotopic (exact) mass is 303 g/mol. The van der Waals surface area contributed by atoms with E-state index in [4.69, 9.17) is 0 Å². The van der Waals surface area contributed by atoms with Crippen LogP contribution in [-0.2, 0) is 11.8 Å². The lowest BCUT2D eigenvalue weighted by molar-refractivity contribution is 0.876. The van der Waals surface area contributed by atoms with Crippen LogP contribution in [0.15, 0.2) is 54.6 Å². The van der Waals surface area contributed by atoms with Crippen LogP contribution in [0, 0.1) is 0 Å². The summed E-state index contributed by atoms with van der Waals surface area (Å²) in [6.45, 7) is 1.04. The van der Waals surface area contributed by atoms with E-state index in [1.807, 2.05) is 0 Å². The summed E-state index contributed by atoms with van der Waals surface area (Å²) in [7, 11) is 2.14. The van der Waals surface area contributed by atoms with E-state index in [1.54, 1.807) is 0 Å². The molecule has 0 aliphatic heterocycles. The molecule has 2 aromatic rings. The van der Waals surface area contributed by atoms with Crippen molar-refractivity contribution in [3.05, 3.63) is 65.7 Å². The first kappa shape index (κ1) is 13.2. The summed E-state index contributed by atoms with van der Waals surface area (Å²) in [5, 5.41) is 0.918. The van der Waals surface area contributed by atoms with Crippen LogP contribution in [0.2, 0.25) is 0 Å². The van der Waals surface area contributed by atoms with E-state index in [9.17, 15) is 0 Å². The Balaban J connectivity index is 1.93. The average Bonchev–Trinajstić information content (AvgIpc) is 2.46. The molecule has 0 heterocycles. The van der Waals surface area contributed by atoms with Crippen molar-refractivity contribution >= 4 is 21.6 Å². The van der Waals surface area contributed by atoms with Crippen LogP contribution >= 0.6 is 15.9 Å². The summed E-state index contributed by atoms with van der Waals surface area (Å²) in [6.07, 6.45) is 1.08. The summed E-state index contributed by atoms with van der Waals surface area (Å²) in [5.74, 6) is 0. The fourth-order valence-corrected chi connectivity index (χ4v) is 2.28. The minimum Gasteiger partial charge on any atom is -0.374 e. The van der Waals surface area contributed by atoms with E-state index in [0.717, 1.165) is 18.3 Å². The Hall–Kier alpha value is -1.28. The van der Waals surface area contributed by atoms with Gasteiger partial charge in [0.2, 0.25) is 0 Å². The molecule has 0 bridgehead atoms. The fourth-order valence-electron chi connectivity index (χ4n) is 1.91. The molecule has 0 radical (unpaired) electrons. The van der Waals surface area contributed by atoms with Crippen molar-refractivity contribution in [3.8, 4) is 0 Å². The first-order chi connectivity index (χ1) is 8.79. The first-order valence-corrected chi connectivity index (χ1v) is 7.31. The molecule has 0 N–H and O–H groups in total. The Morgan fingerprint density at radius 1 is 0.889 bits per heavy atom. The average molecular weight is 304 g/mol. The van der Waals surface area contributed by atoms with Crippen molar-refractivity contribution in [1.82, 2.24) is 0 Å². The molecule has 0 saturated heterocycles. The molecule has 0 saturated carbocycles. The Labute approximate surface area is 118 Å². The van der Waals surface area contributed by atoms with Crippen molar-refractivity contribution in [2.75, 3.05) is 18.5 Å². The Bertz CT molecular complexity index is 464. The van der Waals surface area contributed by atoms with E-state index in [1.165, 1.54) is 16.8 Å². The SMILES string of the molecule is CN(CCc1ccccc1)c1ccc(CBr)cc1. The summed E-state index contributed by atoms with van der Waals surface area (Å²) in [6, 6.07) is 19.3. The van der Waals surface area contributed by atoms with Gasteiger partial charge in [0, 0.05) is 24.6 Å². The van der Waals surface area contributed by atoms with Crippen LogP contribution in [0.3, 0.4) is 0 Å². The van der Waals surface area contributed by atoms with Crippen molar-refractivity contribution in [2.24, 2.45) is 0 Å². The lowest BCUT2D eigenvalue weighted by Crippen LogP contribution is -2.20. The zero-order valence-electron chi connectivity index (χ0n) is 10.6. The Morgan fingerprint density at radius 2 is 1.56 bits per heavy atom. The van der Waals surface area contributed by atoms with Crippen molar-refractivity contribution in [3.63, 3.8) is 0 Å². The van der Waals surface area contributed by atoms with Gasteiger partial charge in [-0.2, -0.15) is 0 Å². The predicted molar refractivity (Wildman–Crippen MR) is 82.5 cm³/mol. The third-order valence-electron chi connectivity index (χ3n) is 3.11. The second kappa shape index (κ2) is 6.60. The fraction of sp³-hybridized carbons (Fsp3) is 0.250. The highest BCUT2D eigenvalue weighted by molar-refractivity contribution is 9.08. The van der Waals surface area contributed by atoms with Gasteiger partial charge in [-0.15, -0.1) is 0 Å². The predicted octanol–water partition coefficient (Wildman–Crippen LogP) is 4.26. The minimum atomic E-state index is 0.918. The van der Waals surface area contributed by atoms with E-state index in [2.05, 4.69) is 82.5 Å². The molecule has 1 nitrogen and oxygen atoms in total. The van der Waals surface area contributed by atoms with Gasteiger partial charge in [-0.3, -0.25) is 0 Å². The summed E-state index contributed by atoms with van der Waals surface area (Å²) in [5.41, 5.74) is 3.98. The number of anilines is 1. The molecule has 0 aromatic heterocycles. The summed E-state index contributed by atoms with van der Waals surface area (Å²) >= 11 is 3.47. The van der Waals surface area contributed by atoms with E-state index in [0.29, 0.717) is 0 Å². The number of likely N-dealkylation sites (N-methyl/N-ethyl adjacent to an activating group) is 1. The molecule has 2 heteroatoms. The number of hydrogen-bond acceptors (Lipinski definition) is 1. The van der Waals surface area contributed by atoms with Crippen LogP contribution in [-0.4, -0.2) is 13.6 Å². The van der Waals surface area contributed by atoms with Gasteiger partial charge in [0.25, 0.3) is 0 Å². The molecule has 0 fully saturated rings. The topological polar surface area (TPSA) is 3.24 Å². The number of hydrogen-bond donors (Lipinski definition) is 0. The number of alkyl halides is 1. The smallest absolute Gasteiger partial charge is 0.0363 e. The lowest BCUT2D eigenvalue weighted by Gasteiger charge is -2.19. The highest BCUT2D eigenvalue weighted by Gasteiger charge is 2.01. The standard InChI is InChI=1S/C16H18BrN/c1-18(12-11-14-5-3-2-4-6-14)16-9-7-15(13-17)8-10-16/h2-10H,11-13H2,1H3. The zero-order valence-corrected chi connectivity index (χ0v) is 12.2. The van der Waals surface area contributed by atoms with Gasteiger partial charge in [0.05, 0.1) is 0 Å². The maximum atomic E-state index is 3.47. The van der Waals surface area contributed by atoms with Gasteiger partial charge < -0.3 is 4.90 Å².